The molecule has 0 aromatic heterocycles. The van der Waals surface area contributed by atoms with Crippen molar-refractivity contribution < 1.29 is 20.1 Å². The Labute approximate surface area is 130 Å². The largest absolute Gasteiger partial charge is 0.388 e. The molecule has 0 unspecified atom stereocenters. The van der Waals surface area contributed by atoms with Crippen molar-refractivity contribution in [3.05, 3.63) is 29.5 Å². The van der Waals surface area contributed by atoms with Gasteiger partial charge in [-0.1, -0.05) is 12.2 Å². The summed E-state index contributed by atoms with van der Waals surface area (Å²) < 4.78 is 5.84. The molecule has 3 N–H and O–H groups in total. The molecule has 1 saturated heterocycles. The summed E-state index contributed by atoms with van der Waals surface area (Å²) in [5.41, 5.74) is 3.26. The lowest BCUT2D eigenvalue weighted by Crippen LogP contribution is -2.55. The van der Waals surface area contributed by atoms with Gasteiger partial charge in [-0.25, -0.2) is 0 Å². The van der Waals surface area contributed by atoms with Gasteiger partial charge in [0.25, 0.3) is 0 Å². The van der Waals surface area contributed by atoms with E-state index in [9.17, 15) is 15.3 Å². The smallest absolute Gasteiger partial charge is 0.110 e. The van der Waals surface area contributed by atoms with Gasteiger partial charge in [-0.3, -0.25) is 0 Å². The van der Waals surface area contributed by atoms with Gasteiger partial charge in [0.05, 0.1) is 17.8 Å². The van der Waals surface area contributed by atoms with E-state index in [1.165, 1.54) is 0 Å². The second-order valence-corrected chi connectivity index (χ2v) is 7.36. The normalized spacial score (nSPS) is 39.7. The lowest BCUT2D eigenvalue weighted by Gasteiger charge is -2.40. The number of ether oxygens (including phenoxy) is 1. The number of hydrogen-bond donors (Lipinski definition) is 3. The van der Waals surface area contributed by atoms with Crippen molar-refractivity contribution >= 4 is 11.6 Å². The highest BCUT2D eigenvalue weighted by Crippen LogP contribution is 2.49. The molecule has 1 heterocycles. The summed E-state index contributed by atoms with van der Waals surface area (Å²) in [4.78, 5) is -1.08. The van der Waals surface area contributed by atoms with Crippen molar-refractivity contribution in [1.29, 1.82) is 0 Å². The first-order valence-electron chi connectivity index (χ1n) is 7.09. The Hall–Kier alpha value is -0.610. The zero-order valence-electron chi connectivity index (χ0n) is 12.6. The van der Waals surface area contributed by atoms with Gasteiger partial charge < -0.3 is 20.1 Å². The van der Waals surface area contributed by atoms with Crippen molar-refractivity contribution in [2.45, 2.75) is 68.5 Å². The van der Waals surface area contributed by atoms with E-state index >= 15 is 0 Å². The number of aliphatic hydroxyl groups excluding tert-OH is 2. The summed E-state index contributed by atoms with van der Waals surface area (Å²) in [7, 11) is 0. The molecule has 5 heteroatoms. The fraction of sp³-hybridized carbons (Fsp3) is 0.688. The number of fused-ring (bicyclic) bond motifs is 1. The van der Waals surface area contributed by atoms with Gasteiger partial charge >= 0.3 is 0 Å². The summed E-state index contributed by atoms with van der Waals surface area (Å²) in [6.07, 6.45) is -0.864. The van der Waals surface area contributed by atoms with Gasteiger partial charge in [-0.05, 0) is 26.8 Å². The van der Waals surface area contributed by atoms with Gasteiger partial charge in [0.2, 0.25) is 0 Å². The highest BCUT2D eigenvalue weighted by molar-refractivity contribution is 6.25. The highest BCUT2D eigenvalue weighted by atomic mass is 35.5. The molecule has 0 amide bonds. The molecular weight excluding hydrogens is 292 g/mol. The van der Waals surface area contributed by atoms with Gasteiger partial charge in [-0.2, -0.15) is 0 Å². The standard InChI is InChI=1S/C16H23ClO4/c1-9(2)5-6-10-7-11-16(17,14(19)13(10)18)8-12(21-11)15(3,4)20/h5,11-14,18-20H,1,7-8H2,2-4H3/t6?,11-,12+,13+,14+,16+/m0/s1. The van der Waals surface area contributed by atoms with Gasteiger partial charge in [0, 0.05) is 18.4 Å². The Morgan fingerprint density at radius 3 is 2.67 bits per heavy atom. The molecule has 0 bridgehead atoms. The van der Waals surface area contributed by atoms with Crippen molar-refractivity contribution in [3.63, 3.8) is 0 Å². The Bertz CT molecular complexity index is 501. The van der Waals surface area contributed by atoms with E-state index in [2.05, 4.69) is 12.3 Å². The molecule has 1 saturated carbocycles. The maximum absolute atomic E-state index is 10.4. The van der Waals surface area contributed by atoms with E-state index in [0.29, 0.717) is 18.4 Å². The molecule has 21 heavy (non-hydrogen) atoms. The summed E-state index contributed by atoms with van der Waals surface area (Å²) in [5.74, 6) is 0. The quantitative estimate of drug-likeness (QED) is 0.412. The molecule has 2 fully saturated rings. The van der Waals surface area contributed by atoms with Crippen LogP contribution in [0.2, 0.25) is 0 Å². The maximum atomic E-state index is 10.4. The van der Waals surface area contributed by atoms with E-state index in [4.69, 9.17) is 16.3 Å². The number of hydrogen-bond acceptors (Lipinski definition) is 4. The van der Waals surface area contributed by atoms with Crippen molar-refractivity contribution in [2.24, 2.45) is 0 Å². The molecule has 0 spiro atoms. The SMILES string of the molecule is C=C(C)C=C=C1C[C@@H]2O[C@@H](C(C)(C)O)C[C@]2(Cl)[C@H](O)[C@@H]1O. The molecule has 2 rings (SSSR count). The average Bonchev–Trinajstić information content (AvgIpc) is 2.70. The van der Waals surface area contributed by atoms with E-state index in [-0.39, 0.29) is 0 Å². The first-order chi connectivity index (χ1) is 9.55. The van der Waals surface area contributed by atoms with E-state index < -0.39 is 34.9 Å². The zero-order chi connectivity index (χ0) is 16.0. The van der Waals surface area contributed by atoms with Crippen LogP contribution in [-0.4, -0.2) is 50.2 Å². The van der Waals surface area contributed by atoms with Crippen LogP contribution in [0.3, 0.4) is 0 Å². The molecule has 4 nitrogen and oxygen atoms in total. The maximum Gasteiger partial charge on any atom is 0.110 e. The van der Waals surface area contributed by atoms with Crippen LogP contribution in [0.25, 0.3) is 0 Å². The monoisotopic (exact) mass is 314 g/mol. The van der Waals surface area contributed by atoms with Gasteiger partial charge in [-0.15, -0.1) is 17.3 Å². The lowest BCUT2D eigenvalue weighted by atomic mass is 9.77. The fourth-order valence-corrected chi connectivity index (χ4v) is 3.24. The van der Waals surface area contributed by atoms with Crippen LogP contribution in [0.15, 0.2) is 29.5 Å². The highest BCUT2D eigenvalue weighted by Gasteiger charge is 2.59. The number of rotatable bonds is 2. The van der Waals surface area contributed by atoms with Crippen molar-refractivity contribution in [1.82, 2.24) is 0 Å². The minimum atomic E-state index is -1.16. The van der Waals surface area contributed by atoms with Crippen LogP contribution in [0, 0.1) is 0 Å². The Morgan fingerprint density at radius 1 is 1.52 bits per heavy atom. The third-order valence-electron chi connectivity index (χ3n) is 4.21. The Balaban J connectivity index is 2.32. The van der Waals surface area contributed by atoms with E-state index in [1.807, 2.05) is 6.92 Å². The molecule has 5 atom stereocenters. The van der Waals surface area contributed by atoms with Gasteiger partial charge in [0.1, 0.15) is 17.1 Å². The molecule has 0 aromatic carbocycles. The summed E-state index contributed by atoms with van der Waals surface area (Å²) >= 11 is 6.53. The topological polar surface area (TPSA) is 69.9 Å². The molecule has 0 radical (unpaired) electrons. The number of allylic oxidation sites excluding steroid dienone is 1. The number of halogens is 1. The third-order valence-corrected chi connectivity index (χ3v) is 4.83. The van der Waals surface area contributed by atoms with E-state index in [0.717, 1.165) is 5.57 Å². The zero-order valence-corrected chi connectivity index (χ0v) is 13.4. The molecular formula is C16H23ClO4. The van der Waals surface area contributed by atoms with Crippen molar-refractivity contribution in [3.8, 4) is 0 Å². The number of aliphatic hydroxyl groups is 3. The van der Waals surface area contributed by atoms with Crippen LogP contribution in [0.4, 0.5) is 0 Å². The van der Waals surface area contributed by atoms with Crippen LogP contribution in [0.5, 0.6) is 0 Å². The second-order valence-electron chi connectivity index (χ2n) is 6.65. The minimum Gasteiger partial charge on any atom is -0.388 e. The first kappa shape index (κ1) is 16.8. The summed E-state index contributed by atoms with van der Waals surface area (Å²) in [6.45, 7) is 8.86. The Morgan fingerprint density at radius 2 is 2.14 bits per heavy atom. The lowest BCUT2D eigenvalue weighted by molar-refractivity contribution is -0.0940. The van der Waals surface area contributed by atoms with Crippen LogP contribution < -0.4 is 0 Å². The third kappa shape index (κ3) is 3.11. The minimum absolute atomic E-state index is 0.290. The first-order valence-corrected chi connectivity index (χ1v) is 7.47. The van der Waals surface area contributed by atoms with Crippen LogP contribution >= 0.6 is 11.6 Å². The molecule has 118 valence electrons. The predicted molar refractivity (Wildman–Crippen MR) is 81.2 cm³/mol. The summed E-state index contributed by atoms with van der Waals surface area (Å²) in [6, 6.07) is 0. The number of alkyl halides is 1. The van der Waals surface area contributed by atoms with Crippen molar-refractivity contribution in [2.75, 3.05) is 0 Å². The molecule has 2 aliphatic rings. The fourth-order valence-electron chi connectivity index (χ4n) is 2.85. The summed E-state index contributed by atoms with van der Waals surface area (Å²) in [5, 5.41) is 30.7. The van der Waals surface area contributed by atoms with Gasteiger partial charge in [0.15, 0.2) is 0 Å². The van der Waals surface area contributed by atoms with E-state index in [1.54, 1.807) is 19.9 Å². The Kier molecular flexibility index (Phi) is 4.42. The average molecular weight is 315 g/mol. The van der Waals surface area contributed by atoms with Crippen LogP contribution in [-0.2, 0) is 4.74 Å². The predicted octanol–water partition coefficient (Wildman–Crippen LogP) is 1.68. The molecule has 1 aliphatic heterocycles. The van der Waals surface area contributed by atoms with Crippen LogP contribution in [0.1, 0.15) is 33.6 Å². The molecule has 1 aliphatic carbocycles. The molecule has 0 aromatic rings. The second kappa shape index (κ2) is 5.54.